The molecule has 1 aromatic rings. The maximum absolute atomic E-state index is 14.2. The summed E-state index contributed by atoms with van der Waals surface area (Å²) in [5.74, 6) is 0.629. The first kappa shape index (κ1) is 14.8. The number of rotatable bonds is 6. The number of halogens is 2. The molecule has 0 aromatic heterocycles. The molecule has 0 amide bonds. The van der Waals surface area contributed by atoms with Gasteiger partial charge in [-0.05, 0) is 43.9 Å². The Balaban J connectivity index is 2.20. The van der Waals surface area contributed by atoms with Gasteiger partial charge in [0.2, 0.25) is 0 Å². The van der Waals surface area contributed by atoms with Gasteiger partial charge < -0.3 is 5.32 Å². The average Bonchev–Trinajstić information content (AvgIpc) is 2.90. The minimum Gasteiger partial charge on any atom is -0.316 e. The van der Waals surface area contributed by atoms with E-state index in [4.69, 9.17) is 11.6 Å². The molecule has 19 heavy (non-hydrogen) atoms. The standard InChI is InChI=1S/C16H23ClFN/c1-2-10-19-11-13(12-6-3-4-7-12)16-14(17)8-5-9-15(16)18/h5,8-9,12-13,19H,2-4,6-7,10-11H2,1H3. The van der Waals surface area contributed by atoms with Crippen LogP contribution in [-0.2, 0) is 0 Å². The van der Waals surface area contributed by atoms with Gasteiger partial charge in [-0.3, -0.25) is 0 Å². The predicted octanol–water partition coefficient (Wildman–Crippen LogP) is 4.75. The molecule has 1 nitrogen and oxygen atoms in total. The van der Waals surface area contributed by atoms with Gasteiger partial charge in [0.1, 0.15) is 5.82 Å². The summed E-state index contributed by atoms with van der Waals surface area (Å²) in [6.45, 7) is 3.96. The van der Waals surface area contributed by atoms with E-state index in [1.807, 2.05) is 6.07 Å². The third kappa shape index (κ3) is 3.70. The van der Waals surface area contributed by atoms with Gasteiger partial charge in [-0.25, -0.2) is 4.39 Å². The lowest BCUT2D eigenvalue weighted by molar-refractivity contribution is 0.399. The summed E-state index contributed by atoms with van der Waals surface area (Å²) in [5.41, 5.74) is 0.722. The van der Waals surface area contributed by atoms with Crippen molar-refractivity contribution in [3.8, 4) is 0 Å². The second-order valence-electron chi connectivity index (χ2n) is 5.49. The molecule has 0 heterocycles. The lowest BCUT2D eigenvalue weighted by atomic mass is 9.84. The average molecular weight is 284 g/mol. The van der Waals surface area contributed by atoms with E-state index >= 15 is 0 Å². The monoisotopic (exact) mass is 283 g/mol. The van der Waals surface area contributed by atoms with Crippen LogP contribution in [0.25, 0.3) is 0 Å². The number of benzene rings is 1. The Hall–Kier alpha value is -0.600. The summed E-state index contributed by atoms with van der Waals surface area (Å²) in [4.78, 5) is 0. The molecule has 2 rings (SSSR count). The van der Waals surface area contributed by atoms with Crippen LogP contribution in [0.2, 0.25) is 5.02 Å². The summed E-state index contributed by atoms with van der Waals surface area (Å²) in [7, 11) is 0. The Kier molecular flexibility index (Phi) is 5.65. The molecule has 0 radical (unpaired) electrons. The quantitative estimate of drug-likeness (QED) is 0.743. The van der Waals surface area contributed by atoms with Gasteiger partial charge >= 0.3 is 0 Å². The van der Waals surface area contributed by atoms with E-state index in [1.54, 1.807) is 6.07 Å². The van der Waals surface area contributed by atoms with Crippen LogP contribution in [0.3, 0.4) is 0 Å². The van der Waals surface area contributed by atoms with Crippen LogP contribution in [0.15, 0.2) is 18.2 Å². The molecule has 1 saturated carbocycles. The molecule has 0 bridgehead atoms. The fourth-order valence-electron chi connectivity index (χ4n) is 3.16. The van der Waals surface area contributed by atoms with E-state index < -0.39 is 0 Å². The van der Waals surface area contributed by atoms with Crippen LogP contribution in [0.5, 0.6) is 0 Å². The molecule has 1 unspecified atom stereocenters. The Morgan fingerprint density at radius 1 is 1.37 bits per heavy atom. The summed E-state index contributed by atoms with van der Waals surface area (Å²) in [6.07, 6.45) is 6.02. The lowest BCUT2D eigenvalue weighted by Crippen LogP contribution is -2.27. The smallest absolute Gasteiger partial charge is 0.128 e. The van der Waals surface area contributed by atoms with Crippen molar-refractivity contribution in [2.45, 2.75) is 44.9 Å². The molecule has 1 N–H and O–H groups in total. The van der Waals surface area contributed by atoms with Crippen LogP contribution in [0.1, 0.15) is 50.5 Å². The van der Waals surface area contributed by atoms with Crippen molar-refractivity contribution in [2.24, 2.45) is 5.92 Å². The van der Waals surface area contributed by atoms with Gasteiger partial charge in [0, 0.05) is 23.0 Å². The van der Waals surface area contributed by atoms with Crippen molar-refractivity contribution >= 4 is 11.6 Å². The van der Waals surface area contributed by atoms with Crippen molar-refractivity contribution in [1.29, 1.82) is 0 Å². The van der Waals surface area contributed by atoms with Crippen LogP contribution >= 0.6 is 11.6 Å². The van der Waals surface area contributed by atoms with Gasteiger partial charge in [0.15, 0.2) is 0 Å². The largest absolute Gasteiger partial charge is 0.316 e. The second kappa shape index (κ2) is 7.25. The molecule has 1 aliphatic carbocycles. The topological polar surface area (TPSA) is 12.0 Å². The third-order valence-corrected chi connectivity index (χ3v) is 4.46. The highest BCUT2D eigenvalue weighted by Crippen LogP contribution is 2.40. The van der Waals surface area contributed by atoms with Gasteiger partial charge in [-0.1, -0.05) is 37.4 Å². The van der Waals surface area contributed by atoms with Crippen LogP contribution in [0, 0.1) is 11.7 Å². The zero-order valence-electron chi connectivity index (χ0n) is 11.6. The lowest BCUT2D eigenvalue weighted by Gasteiger charge is -2.25. The summed E-state index contributed by atoms with van der Waals surface area (Å²) in [5, 5.41) is 4.02. The molecule has 1 aliphatic rings. The first-order valence-electron chi connectivity index (χ1n) is 7.38. The van der Waals surface area contributed by atoms with E-state index in [1.165, 1.54) is 31.7 Å². The van der Waals surface area contributed by atoms with Crippen LogP contribution in [-0.4, -0.2) is 13.1 Å². The normalized spacial score (nSPS) is 17.8. The summed E-state index contributed by atoms with van der Waals surface area (Å²) >= 11 is 6.25. The Morgan fingerprint density at radius 3 is 2.74 bits per heavy atom. The number of nitrogens with one attached hydrogen (secondary N) is 1. The summed E-state index contributed by atoms with van der Waals surface area (Å²) in [6, 6.07) is 5.02. The van der Waals surface area contributed by atoms with E-state index in [2.05, 4.69) is 12.2 Å². The van der Waals surface area contributed by atoms with Crippen molar-refractivity contribution < 1.29 is 4.39 Å². The van der Waals surface area contributed by atoms with E-state index in [0.717, 1.165) is 25.1 Å². The second-order valence-corrected chi connectivity index (χ2v) is 5.90. The van der Waals surface area contributed by atoms with E-state index in [-0.39, 0.29) is 11.7 Å². The zero-order chi connectivity index (χ0) is 13.7. The molecule has 106 valence electrons. The van der Waals surface area contributed by atoms with Gasteiger partial charge in [0.05, 0.1) is 0 Å². The highest BCUT2D eigenvalue weighted by molar-refractivity contribution is 6.31. The van der Waals surface area contributed by atoms with Crippen molar-refractivity contribution in [3.05, 3.63) is 34.6 Å². The van der Waals surface area contributed by atoms with E-state index in [9.17, 15) is 4.39 Å². The fraction of sp³-hybridized carbons (Fsp3) is 0.625. The molecule has 0 aliphatic heterocycles. The SMILES string of the molecule is CCCNCC(c1c(F)cccc1Cl)C1CCCC1. The van der Waals surface area contributed by atoms with Crippen molar-refractivity contribution in [2.75, 3.05) is 13.1 Å². The minimum absolute atomic E-state index is 0.150. The Morgan fingerprint density at radius 2 is 2.11 bits per heavy atom. The first-order valence-corrected chi connectivity index (χ1v) is 7.76. The molecular formula is C16H23ClFN. The first-order chi connectivity index (χ1) is 9.24. The van der Waals surface area contributed by atoms with Crippen molar-refractivity contribution in [1.82, 2.24) is 5.32 Å². The molecular weight excluding hydrogens is 261 g/mol. The van der Waals surface area contributed by atoms with E-state index in [0.29, 0.717) is 10.9 Å². The molecule has 1 aromatic carbocycles. The van der Waals surface area contributed by atoms with Crippen LogP contribution < -0.4 is 5.32 Å². The third-order valence-electron chi connectivity index (χ3n) is 4.13. The van der Waals surface area contributed by atoms with Gasteiger partial charge in [-0.15, -0.1) is 0 Å². The highest BCUT2D eigenvalue weighted by atomic mass is 35.5. The molecule has 1 fully saturated rings. The summed E-state index contributed by atoms with van der Waals surface area (Å²) < 4.78 is 14.2. The molecule has 0 saturated heterocycles. The predicted molar refractivity (Wildman–Crippen MR) is 79.3 cm³/mol. The van der Waals surface area contributed by atoms with Crippen LogP contribution in [0.4, 0.5) is 4.39 Å². The Labute approximate surface area is 120 Å². The van der Waals surface area contributed by atoms with Gasteiger partial charge in [-0.2, -0.15) is 0 Å². The number of hydrogen-bond acceptors (Lipinski definition) is 1. The maximum Gasteiger partial charge on any atom is 0.128 e. The van der Waals surface area contributed by atoms with Crippen molar-refractivity contribution in [3.63, 3.8) is 0 Å². The number of hydrogen-bond donors (Lipinski definition) is 1. The highest BCUT2D eigenvalue weighted by Gasteiger charge is 2.29. The maximum atomic E-state index is 14.2. The zero-order valence-corrected chi connectivity index (χ0v) is 12.3. The fourth-order valence-corrected chi connectivity index (χ4v) is 3.47. The molecule has 1 atom stereocenters. The van der Waals surface area contributed by atoms with Gasteiger partial charge in [0.25, 0.3) is 0 Å². The minimum atomic E-state index is -0.150. The molecule has 3 heteroatoms. The Bertz CT molecular complexity index is 381. The molecule has 0 spiro atoms.